The first-order chi connectivity index (χ1) is 11.6. The average molecular weight is 327 g/mol. The van der Waals surface area contributed by atoms with Gasteiger partial charge in [0, 0.05) is 0 Å². The second-order valence-electron chi connectivity index (χ2n) is 5.33. The summed E-state index contributed by atoms with van der Waals surface area (Å²) in [6.45, 7) is 1.76. The van der Waals surface area contributed by atoms with Crippen LogP contribution in [0.25, 0.3) is 0 Å². The normalized spacial score (nSPS) is 18.6. The maximum atomic E-state index is 12.6. The predicted molar refractivity (Wildman–Crippen MR) is 87.4 cm³/mol. The molecule has 24 heavy (non-hydrogen) atoms. The summed E-state index contributed by atoms with van der Waals surface area (Å²) in [6.07, 6.45) is -1.30. The van der Waals surface area contributed by atoms with Gasteiger partial charge in [0.05, 0.1) is 18.4 Å². The second kappa shape index (κ2) is 6.62. The van der Waals surface area contributed by atoms with Crippen molar-refractivity contribution in [2.75, 3.05) is 12.4 Å². The lowest BCUT2D eigenvalue weighted by Gasteiger charge is -2.31. The van der Waals surface area contributed by atoms with E-state index in [-0.39, 0.29) is 5.56 Å². The topological polar surface area (TPSA) is 73.9 Å². The van der Waals surface area contributed by atoms with Gasteiger partial charge >= 0.3 is 5.97 Å². The number of rotatable bonds is 3. The molecule has 0 aromatic heterocycles. The average Bonchev–Trinajstić information content (AvgIpc) is 2.60. The van der Waals surface area contributed by atoms with E-state index < -0.39 is 24.1 Å². The number of hydrogen-bond acceptors (Lipinski definition) is 5. The van der Waals surface area contributed by atoms with E-state index >= 15 is 0 Å². The van der Waals surface area contributed by atoms with E-state index in [0.29, 0.717) is 17.2 Å². The minimum atomic E-state index is -0.828. The lowest BCUT2D eigenvalue weighted by atomic mass is 10.1. The fraction of sp³-hybridized carbons (Fsp3) is 0.222. The third-order valence-corrected chi connectivity index (χ3v) is 3.69. The van der Waals surface area contributed by atoms with E-state index in [2.05, 4.69) is 5.32 Å². The first-order valence-corrected chi connectivity index (χ1v) is 7.50. The minimum absolute atomic E-state index is 0.276. The zero-order chi connectivity index (χ0) is 17.1. The third kappa shape index (κ3) is 3.03. The number of nitrogens with one attached hydrogen (secondary N) is 1. The van der Waals surface area contributed by atoms with Gasteiger partial charge in [-0.3, -0.25) is 4.79 Å². The van der Waals surface area contributed by atoms with Gasteiger partial charge in [-0.15, -0.1) is 0 Å². The summed E-state index contributed by atoms with van der Waals surface area (Å²) in [4.78, 5) is 24.4. The molecule has 124 valence electrons. The molecule has 6 heteroatoms. The van der Waals surface area contributed by atoms with Gasteiger partial charge in [0.15, 0.2) is 11.5 Å². The van der Waals surface area contributed by atoms with Crippen molar-refractivity contribution >= 4 is 17.6 Å². The standard InChI is InChI=1S/C18H17NO5/c1-11-16(24-15-10-6-5-9-14(15)23-11)17(20)19-13-8-4-3-7-12(13)18(21)22-2/h3-11,16H,1-2H3,(H,19,20)/t11-,16-/m1/s1. The summed E-state index contributed by atoms with van der Waals surface area (Å²) in [7, 11) is 1.29. The van der Waals surface area contributed by atoms with Crippen molar-refractivity contribution in [3.05, 3.63) is 54.1 Å². The van der Waals surface area contributed by atoms with Crippen molar-refractivity contribution < 1.29 is 23.8 Å². The largest absolute Gasteiger partial charge is 0.482 e. The van der Waals surface area contributed by atoms with Crippen LogP contribution in [0.2, 0.25) is 0 Å². The molecule has 6 nitrogen and oxygen atoms in total. The van der Waals surface area contributed by atoms with E-state index in [1.807, 2.05) is 6.07 Å². The molecule has 1 N–H and O–H groups in total. The molecule has 0 fully saturated rings. The van der Waals surface area contributed by atoms with Crippen LogP contribution in [-0.2, 0) is 9.53 Å². The van der Waals surface area contributed by atoms with Crippen LogP contribution in [0, 0.1) is 0 Å². The zero-order valence-electron chi connectivity index (χ0n) is 13.3. The highest BCUT2D eigenvalue weighted by Gasteiger charge is 2.34. The molecule has 2 aromatic carbocycles. The Kier molecular flexibility index (Phi) is 4.37. The van der Waals surface area contributed by atoms with E-state index in [9.17, 15) is 9.59 Å². The van der Waals surface area contributed by atoms with Gasteiger partial charge in [-0.05, 0) is 31.2 Å². The Bertz CT molecular complexity index is 774. The fourth-order valence-electron chi connectivity index (χ4n) is 2.49. The number of hydrogen-bond donors (Lipinski definition) is 1. The number of esters is 1. The van der Waals surface area contributed by atoms with Crippen molar-refractivity contribution in [2.45, 2.75) is 19.1 Å². The van der Waals surface area contributed by atoms with Crippen LogP contribution in [0.15, 0.2) is 48.5 Å². The van der Waals surface area contributed by atoms with Crippen molar-refractivity contribution in [2.24, 2.45) is 0 Å². The lowest BCUT2D eigenvalue weighted by Crippen LogP contribution is -2.46. The highest BCUT2D eigenvalue weighted by atomic mass is 16.6. The van der Waals surface area contributed by atoms with Crippen molar-refractivity contribution in [3.63, 3.8) is 0 Å². The summed E-state index contributed by atoms with van der Waals surface area (Å²) >= 11 is 0. The summed E-state index contributed by atoms with van der Waals surface area (Å²) in [5, 5.41) is 2.71. The van der Waals surface area contributed by atoms with Gasteiger partial charge in [-0.25, -0.2) is 4.79 Å². The lowest BCUT2D eigenvalue weighted by molar-refractivity contribution is -0.128. The Morgan fingerprint density at radius 1 is 1.00 bits per heavy atom. The zero-order valence-corrected chi connectivity index (χ0v) is 13.3. The maximum absolute atomic E-state index is 12.6. The quantitative estimate of drug-likeness (QED) is 0.877. The third-order valence-electron chi connectivity index (χ3n) is 3.69. The number of para-hydroxylation sites is 3. The Morgan fingerprint density at radius 2 is 1.62 bits per heavy atom. The number of carbonyl (C=O) groups is 2. The Labute approximate surface area is 139 Å². The fourth-order valence-corrected chi connectivity index (χ4v) is 2.49. The van der Waals surface area contributed by atoms with Crippen LogP contribution in [-0.4, -0.2) is 31.2 Å². The first-order valence-electron chi connectivity index (χ1n) is 7.50. The summed E-state index contributed by atoms with van der Waals surface area (Å²) in [5.41, 5.74) is 0.641. The molecular weight excluding hydrogens is 310 g/mol. The SMILES string of the molecule is COC(=O)c1ccccc1NC(=O)[C@@H]1Oc2ccccc2O[C@@H]1C. The molecule has 0 bridgehead atoms. The van der Waals surface area contributed by atoms with E-state index in [4.69, 9.17) is 14.2 Å². The van der Waals surface area contributed by atoms with Crippen molar-refractivity contribution in [1.82, 2.24) is 0 Å². The Hall–Kier alpha value is -3.02. The van der Waals surface area contributed by atoms with Crippen molar-refractivity contribution in [3.8, 4) is 11.5 Å². The first kappa shape index (κ1) is 15.9. The number of fused-ring (bicyclic) bond motifs is 1. The second-order valence-corrected chi connectivity index (χ2v) is 5.33. The molecule has 0 spiro atoms. The molecule has 0 saturated carbocycles. The summed E-state index contributed by atoms with van der Waals surface area (Å²) < 4.78 is 16.2. The molecule has 0 saturated heterocycles. The molecule has 2 atom stereocenters. The van der Waals surface area contributed by atoms with E-state index in [0.717, 1.165) is 0 Å². The molecule has 1 amide bonds. The Balaban J connectivity index is 1.80. The number of methoxy groups -OCH3 is 1. The van der Waals surface area contributed by atoms with Gasteiger partial charge in [0.25, 0.3) is 5.91 Å². The summed E-state index contributed by atoms with van der Waals surface area (Å²) in [5.74, 6) is 0.194. The van der Waals surface area contributed by atoms with Gasteiger partial charge < -0.3 is 19.5 Å². The molecule has 1 heterocycles. The highest BCUT2D eigenvalue weighted by molar-refractivity contribution is 6.02. The van der Waals surface area contributed by atoms with Crippen LogP contribution < -0.4 is 14.8 Å². The van der Waals surface area contributed by atoms with E-state index in [1.54, 1.807) is 49.4 Å². The number of carbonyl (C=O) groups excluding carboxylic acids is 2. The number of amides is 1. The van der Waals surface area contributed by atoms with Crippen LogP contribution in [0.4, 0.5) is 5.69 Å². The monoisotopic (exact) mass is 327 g/mol. The molecule has 1 aliphatic heterocycles. The van der Waals surface area contributed by atoms with Crippen LogP contribution in [0.5, 0.6) is 11.5 Å². The maximum Gasteiger partial charge on any atom is 0.339 e. The van der Waals surface area contributed by atoms with Crippen molar-refractivity contribution in [1.29, 1.82) is 0 Å². The van der Waals surface area contributed by atoms with Crippen LogP contribution >= 0.6 is 0 Å². The van der Waals surface area contributed by atoms with Gasteiger partial charge in [0.2, 0.25) is 6.10 Å². The molecule has 3 rings (SSSR count). The van der Waals surface area contributed by atoms with Gasteiger partial charge in [0.1, 0.15) is 6.10 Å². The smallest absolute Gasteiger partial charge is 0.339 e. The number of benzene rings is 2. The van der Waals surface area contributed by atoms with Gasteiger partial charge in [-0.2, -0.15) is 0 Å². The minimum Gasteiger partial charge on any atom is -0.482 e. The molecule has 0 unspecified atom stereocenters. The highest BCUT2D eigenvalue weighted by Crippen LogP contribution is 2.33. The summed E-state index contributed by atoms with van der Waals surface area (Å²) in [6, 6.07) is 13.8. The number of anilines is 1. The molecule has 0 radical (unpaired) electrons. The van der Waals surface area contributed by atoms with Crippen LogP contribution in [0.3, 0.4) is 0 Å². The molecule has 2 aromatic rings. The van der Waals surface area contributed by atoms with Gasteiger partial charge in [-0.1, -0.05) is 24.3 Å². The number of ether oxygens (including phenoxy) is 3. The Morgan fingerprint density at radius 3 is 2.33 bits per heavy atom. The molecule has 0 aliphatic carbocycles. The molecular formula is C18H17NO5. The van der Waals surface area contributed by atoms with E-state index in [1.165, 1.54) is 7.11 Å². The van der Waals surface area contributed by atoms with Crippen LogP contribution in [0.1, 0.15) is 17.3 Å². The predicted octanol–water partition coefficient (Wildman–Crippen LogP) is 2.64. The molecule has 1 aliphatic rings.